The van der Waals surface area contributed by atoms with Crippen molar-refractivity contribution in [3.05, 3.63) is 52.6 Å². The Bertz CT molecular complexity index is 1240. The van der Waals surface area contributed by atoms with Crippen molar-refractivity contribution in [3.63, 3.8) is 0 Å². The number of nitrogens with one attached hydrogen (secondary N) is 2. The Hall–Kier alpha value is -2.49. The van der Waals surface area contributed by atoms with Gasteiger partial charge in [-0.25, -0.2) is 9.37 Å². The third-order valence-electron chi connectivity index (χ3n) is 6.88. The minimum Gasteiger partial charge on any atom is -0.351 e. The number of aromatic carboxylic acids is 1. The third-order valence-corrected chi connectivity index (χ3v) is 6.88. The number of imidazole rings is 1. The van der Waals surface area contributed by atoms with Crippen LogP contribution in [0.5, 0.6) is 5.75 Å². The number of hydrogen-bond donors (Lipinski definition) is 2. The Morgan fingerprint density at radius 2 is 2.08 bits per heavy atom. The molecule has 6 rings (SSSR count). The van der Waals surface area contributed by atoms with E-state index in [0.717, 1.165) is 62.2 Å². The number of ether oxygens (including phenoxy) is 1. The molecule has 36 heavy (non-hydrogen) atoms. The number of pyridine rings is 1. The largest absolute Gasteiger partial charge is 0.351 e. The number of nitrogens with zero attached hydrogens (tertiary/aromatic N) is 3. The quantitative estimate of drug-likeness (QED) is 0.463. The monoisotopic (exact) mass is 567 g/mol. The van der Waals surface area contributed by atoms with Gasteiger partial charge in [0, 0.05) is 43.8 Å². The molecule has 9 nitrogen and oxygen atoms in total. The summed E-state index contributed by atoms with van der Waals surface area (Å²) in [5.41, 5.74) is -0.372. The van der Waals surface area contributed by atoms with Crippen LogP contribution in [0, 0.1) is 11.7 Å². The van der Waals surface area contributed by atoms with Gasteiger partial charge in [0.15, 0.2) is 17.0 Å². The number of H-pyrrole nitrogens is 1. The molecule has 3 aromatic rings. The fourth-order valence-corrected chi connectivity index (χ4v) is 5.16. The van der Waals surface area contributed by atoms with Crippen molar-refractivity contribution in [2.45, 2.75) is 37.8 Å². The van der Waals surface area contributed by atoms with Crippen molar-refractivity contribution < 1.29 is 36.3 Å². The van der Waals surface area contributed by atoms with Crippen LogP contribution in [0.3, 0.4) is 0 Å². The minimum absolute atomic E-state index is 0.0199. The summed E-state index contributed by atoms with van der Waals surface area (Å²) in [5.74, 6) is -1.37. The number of aromatic nitrogens is 3. The first-order chi connectivity index (χ1) is 17.5. The second kappa shape index (κ2) is 11.7. The van der Waals surface area contributed by atoms with Crippen LogP contribution in [0.4, 0.5) is 10.1 Å². The molecule has 4 heterocycles. The zero-order valence-corrected chi connectivity index (χ0v) is 23.7. The number of halogens is 2. The van der Waals surface area contributed by atoms with Crippen molar-refractivity contribution in [2.75, 3.05) is 31.6 Å². The van der Waals surface area contributed by atoms with Crippen LogP contribution >= 0.6 is 9.69 Å². The maximum atomic E-state index is 15.3. The van der Waals surface area contributed by atoms with Crippen molar-refractivity contribution in [1.29, 1.82) is 0 Å². The number of aromatic amines is 1. The molecule has 2 aliphatic heterocycles. The molecule has 2 N–H and O–H groups in total. The number of benzene rings is 1. The Morgan fingerprint density at radius 1 is 1.31 bits per heavy atom. The van der Waals surface area contributed by atoms with Crippen LogP contribution in [0.1, 0.15) is 42.1 Å². The van der Waals surface area contributed by atoms with Crippen LogP contribution in [0.25, 0.3) is 10.9 Å². The molecule has 12 heteroatoms. The molecule has 0 spiro atoms. The number of piperidine rings is 1. The fourth-order valence-electron chi connectivity index (χ4n) is 5.16. The zero-order valence-electron chi connectivity index (χ0n) is 20.0. The van der Waals surface area contributed by atoms with E-state index in [1.165, 1.54) is 13.3 Å². The smallest absolute Gasteiger partial charge is 0.0919 e. The van der Waals surface area contributed by atoms with Gasteiger partial charge in [-0.2, -0.15) is 0 Å². The molecule has 188 valence electrons. The van der Waals surface area contributed by atoms with Gasteiger partial charge in [0.05, 0.1) is 35.9 Å². The Kier molecular flexibility index (Phi) is 8.64. The van der Waals surface area contributed by atoms with Crippen LogP contribution in [-0.4, -0.2) is 53.3 Å². The molecule has 1 aromatic carbocycles. The molecule has 1 aliphatic carbocycles. The van der Waals surface area contributed by atoms with Gasteiger partial charge < -0.3 is 34.4 Å². The van der Waals surface area contributed by atoms with E-state index in [2.05, 4.69) is 15.3 Å². The number of rotatable bonds is 4. The van der Waals surface area contributed by atoms with E-state index in [4.69, 9.17) is 14.4 Å². The van der Waals surface area contributed by atoms with Gasteiger partial charge in [0.25, 0.3) is 0 Å². The summed E-state index contributed by atoms with van der Waals surface area (Å²) in [6.45, 7) is 2.37. The van der Waals surface area contributed by atoms with Crippen molar-refractivity contribution >= 4 is 32.3 Å². The summed E-state index contributed by atoms with van der Waals surface area (Å²) in [6.07, 6.45) is 10.4. The molecule has 0 radical (unpaired) electrons. The third kappa shape index (κ3) is 5.28. The molecular formula is C24H27ClFN5O4Zn. The van der Waals surface area contributed by atoms with Gasteiger partial charge in [-0.1, -0.05) is 0 Å². The maximum Gasteiger partial charge on any atom is 0.0919 e. The van der Waals surface area contributed by atoms with Gasteiger partial charge in [-0.15, -0.1) is 0 Å². The Balaban J connectivity index is 0.000000383. The van der Waals surface area contributed by atoms with E-state index >= 15 is 4.39 Å². The van der Waals surface area contributed by atoms with E-state index in [0.29, 0.717) is 35.5 Å². The number of anilines is 1. The number of carboxylic acid groups (broad SMARTS) is 1. The maximum absolute atomic E-state index is 15.3. The average molecular weight is 569 g/mol. The summed E-state index contributed by atoms with van der Waals surface area (Å²) < 4.78 is 22.7. The van der Waals surface area contributed by atoms with E-state index in [1.54, 1.807) is 23.3 Å². The summed E-state index contributed by atoms with van der Waals surface area (Å²) in [6, 6.07) is 1.55. The zero-order chi connectivity index (χ0) is 25.8. The van der Waals surface area contributed by atoms with E-state index in [-0.39, 0.29) is 11.4 Å². The number of fused-ring (bicyclic) bond motifs is 2. The van der Waals surface area contributed by atoms with Crippen LogP contribution < -0.4 is 25.5 Å². The predicted octanol–water partition coefficient (Wildman–Crippen LogP) is 2.13. The van der Waals surface area contributed by atoms with Gasteiger partial charge in [0.1, 0.15) is 5.69 Å². The molecule has 3 fully saturated rings. The average Bonchev–Trinajstić information content (AvgIpc) is 3.36. The number of methoxy groups -OCH3 is 1. The van der Waals surface area contributed by atoms with Crippen molar-refractivity contribution in [1.82, 2.24) is 19.9 Å². The topological polar surface area (TPSA) is 115 Å². The molecule has 2 unspecified atom stereocenters. The molecule has 2 saturated heterocycles. The van der Waals surface area contributed by atoms with Gasteiger partial charge in [-0.05, 0) is 44.2 Å². The van der Waals surface area contributed by atoms with Crippen molar-refractivity contribution in [3.8, 4) is 5.75 Å². The number of carbonyl (C=O) groups is 1. The number of carbonyl (C=O) groups excluding carboxylic acids is 1. The molecule has 0 amide bonds. The minimum atomic E-state index is -1.55. The van der Waals surface area contributed by atoms with Crippen molar-refractivity contribution in [2.24, 2.45) is 5.92 Å². The summed E-state index contributed by atoms with van der Waals surface area (Å²) in [5, 5.41) is 15.0. The molecular weight excluding hydrogens is 542 g/mol. The van der Waals surface area contributed by atoms with Crippen LogP contribution in [0.15, 0.2) is 35.8 Å². The Morgan fingerprint density at radius 3 is 2.64 bits per heavy atom. The fraction of sp³-hybridized carbons (Fsp3) is 0.458. The van der Waals surface area contributed by atoms with Crippen LogP contribution in [-0.2, 0) is 17.3 Å². The Labute approximate surface area is 221 Å². The second-order valence-electron chi connectivity index (χ2n) is 9.06. The first kappa shape index (κ1) is 26.6. The van der Waals surface area contributed by atoms with E-state index < -0.39 is 22.8 Å². The SMILES string of the molecule is COc1c(N2CC3CCCNC3C2)c(F)cc2c(=O)c(C(=O)[O-])cn(C3CC3)c12.[Cl][Zn+].c1c[nH]cn1. The second-order valence-corrected chi connectivity index (χ2v) is 9.06. The summed E-state index contributed by atoms with van der Waals surface area (Å²) in [7, 11) is 6.23. The summed E-state index contributed by atoms with van der Waals surface area (Å²) in [4.78, 5) is 32.6. The first-order valence-corrected chi connectivity index (χ1v) is 15.7. The molecule has 2 atom stereocenters. The van der Waals surface area contributed by atoms with E-state index in [9.17, 15) is 14.7 Å². The number of hydrogen-bond acceptors (Lipinski definition) is 7. The number of carboxylic acids is 1. The molecule has 2 aromatic heterocycles. The molecule has 3 aliphatic rings. The van der Waals surface area contributed by atoms with Gasteiger partial charge >= 0.3 is 27.0 Å². The van der Waals surface area contributed by atoms with Gasteiger partial charge in [-0.3, -0.25) is 4.79 Å². The molecule has 0 bridgehead atoms. The summed E-state index contributed by atoms with van der Waals surface area (Å²) >= 11 is 0.847. The predicted molar refractivity (Wildman–Crippen MR) is 128 cm³/mol. The molecule has 1 saturated carbocycles. The normalized spacial score (nSPS) is 20.6. The van der Waals surface area contributed by atoms with Gasteiger partial charge in [0.2, 0.25) is 0 Å². The first-order valence-electron chi connectivity index (χ1n) is 11.8. The van der Waals surface area contributed by atoms with E-state index in [1.807, 2.05) is 4.90 Å². The van der Waals surface area contributed by atoms with Crippen LogP contribution in [0.2, 0.25) is 0 Å². The standard InChI is InChI=1S/C21H24FN3O4.C3H4N2.ClH.Zn/c1-29-20-17-13(19(26)14(21(27)28)9-25(17)12-4-5-12)7-15(22)18(20)24-8-11-3-2-6-23-16(11)10-24;1-2-5-3-4-1;;/h7,9,11-12,16,23H,2-6,8,10H2,1H3,(H,27,28);1-3H,(H,4,5);1H;/q;;;+2/p-2.